The van der Waals surface area contributed by atoms with Gasteiger partial charge in [0.25, 0.3) is 6.43 Å². The second-order valence-electron chi connectivity index (χ2n) is 2.33. The first-order valence-corrected chi connectivity index (χ1v) is 3.32. The smallest absolute Gasteiger partial charge is 0.264 e. The van der Waals surface area contributed by atoms with Gasteiger partial charge in [0.2, 0.25) is 5.56 Å². The highest BCUT2D eigenvalue weighted by atomic mass is 19.3. The summed E-state index contributed by atoms with van der Waals surface area (Å²) in [6.45, 7) is 0. The number of H-pyrrole nitrogens is 1. The summed E-state index contributed by atoms with van der Waals surface area (Å²) in [5, 5.41) is 0. The number of alkyl halides is 2. The molecule has 0 aromatic carbocycles. The number of carbonyl (C=O) groups excluding carboxylic acids is 1. The first-order chi connectivity index (χ1) is 6.06. The molecule has 13 heavy (non-hydrogen) atoms. The van der Waals surface area contributed by atoms with Crippen molar-refractivity contribution in [2.24, 2.45) is 0 Å². The van der Waals surface area contributed by atoms with Crippen LogP contribution in [-0.2, 0) is 0 Å². The van der Waals surface area contributed by atoms with Crippen molar-refractivity contribution in [1.82, 2.24) is 4.98 Å². The van der Waals surface area contributed by atoms with E-state index in [-0.39, 0.29) is 17.7 Å². The molecule has 0 bridgehead atoms. The summed E-state index contributed by atoms with van der Waals surface area (Å²) in [4.78, 5) is 23.1. The number of nitrogens with one attached hydrogen (secondary N) is 1. The van der Waals surface area contributed by atoms with Crippen molar-refractivity contribution in [3.63, 3.8) is 0 Å². The van der Waals surface area contributed by atoms with Crippen LogP contribution >= 0.6 is 0 Å². The number of aromatic amines is 1. The van der Waals surface area contributed by atoms with Crippen LogP contribution in [-0.4, -0.2) is 11.3 Å². The molecule has 0 spiro atoms. The summed E-state index contributed by atoms with van der Waals surface area (Å²) < 4.78 is 24.4. The fourth-order valence-electron chi connectivity index (χ4n) is 0.923. The van der Waals surface area contributed by atoms with Crippen LogP contribution in [0.3, 0.4) is 0 Å². The summed E-state index contributed by atoms with van der Waals surface area (Å²) in [6, 6.07) is 0.657. The number of rotatable bonds is 2. The van der Waals surface area contributed by atoms with Crippen LogP contribution in [0.4, 0.5) is 14.6 Å². The van der Waals surface area contributed by atoms with E-state index in [9.17, 15) is 18.4 Å². The second-order valence-corrected chi connectivity index (χ2v) is 2.33. The monoisotopic (exact) mass is 188 g/mol. The van der Waals surface area contributed by atoms with E-state index in [1.165, 1.54) is 0 Å². The molecule has 0 fully saturated rings. The zero-order valence-corrected chi connectivity index (χ0v) is 6.38. The van der Waals surface area contributed by atoms with Crippen LogP contribution in [0.1, 0.15) is 22.3 Å². The predicted molar refractivity (Wildman–Crippen MR) is 41.8 cm³/mol. The van der Waals surface area contributed by atoms with E-state index in [1.807, 2.05) is 4.98 Å². The normalized spacial score (nSPS) is 10.4. The molecular formula is C7H6F2N2O2. The van der Waals surface area contributed by atoms with Gasteiger partial charge in [0, 0.05) is 11.6 Å². The lowest BCUT2D eigenvalue weighted by molar-refractivity contribution is 0.110. The number of nitrogens with two attached hydrogens (primary N) is 1. The first-order valence-electron chi connectivity index (χ1n) is 3.32. The van der Waals surface area contributed by atoms with Crippen molar-refractivity contribution < 1.29 is 13.6 Å². The molecule has 0 aliphatic rings. The van der Waals surface area contributed by atoms with Crippen LogP contribution in [0, 0.1) is 0 Å². The Balaban J connectivity index is 3.47. The Morgan fingerprint density at radius 1 is 1.54 bits per heavy atom. The Labute approximate surface area is 71.4 Å². The van der Waals surface area contributed by atoms with Crippen LogP contribution in [0.25, 0.3) is 0 Å². The predicted octanol–water partition coefficient (Wildman–Crippen LogP) is 0.707. The van der Waals surface area contributed by atoms with Crippen molar-refractivity contribution in [2.45, 2.75) is 6.43 Å². The zero-order chi connectivity index (χ0) is 10.0. The van der Waals surface area contributed by atoms with Gasteiger partial charge < -0.3 is 10.7 Å². The molecule has 0 aliphatic carbocycles. The first kappa shape index (κ1) is 9.37. The van der Waals surface area contributed by atoms with E-state index in [1.54, 1.807) is 0 Å². The molecule has 0 saturated heterocycles. The molecular weight excluding hydrogens is 182 g/mol. The van der Waals surface area contributed by atoms with Gasteiger partial charge in [0.15, 0.2) is 6.29 Å². The third-order valence-electron chi connectivity index (χ3n) is 1.50. The van der Waals surface area contributed by atoms with Gasteiger partial charge in [-0.15, -0.1) is 0 Å². The fourth-order valence-corrected chi connectivity index (χ4v) is 0.923. The maximum atomic E-state index is 12.2. The standard InChI is InChI=1S/C7H6F2N2O2/c8-6(9)3-1-5(13)11-7(10)4(3)2-12/h1-2,6H,(H3,10,11,13). The fraction of sp³-hybridized carbons (Fsp3) is 0.143. The summed E-state index contributed by atoms with van der Waals surface area (Å²) >= 11 is 0. The molecule has 1 aromatic rings. The lowest BCUT2D eigenvalue weighted by atomic mass is 10.1. The van der Waals surface area contributed by atoms with Crippen molar-refractivity contribution >= 4 is 12.1 Å². The largest absolute Gasteiger partial charge is 0.385 e. The van der Waals surface area contributed by atoms with E-state index in [0.29, 0.717) is 6.07 Å². The number of aldehydes is 1. The summed E-state index contributed by atoms with van der Waals surface area (Å²) in [6.07, 6.45) is -2.70. The van der Waals surface area contributed by atoms with Gasteiger partial charge in [0.05, 0.1) is 5.56 Å². The molecule has 6 heteroatoms. The molecule has 0 unspecified atom stereocenters. The summed E-state index contributed by atoms with van der Waals surface area (Å²) in [5.41, 5.74) is 3.39. The minimum Gasteiger partial charge on any atom is -0.385 e. The highest BCUT2D eigenvalue weighted by molar-refractivity contribution is 5.83. The quantitative estimate of drug-likeness (QED) is 0.671. The molecule has 4 nitrogen and oxygen atoms in total. The summed E-state index contributed by atoms with van der Waals surface area (Å²) in [5.74, 6) is -0.335. The molecule has 3 N–H and O–H groups in total. The Hall–Kier alpha value is -1.72. The molecule has 0 radical (unpaired) electrons. The third kappa shape index (κ3) is 1.71. The number of nitrogen functional groups attached to an aromatic ring is 1. The molecule has 1 aromatic heterocycles. The van der Waals surface area contributed by atoms with Gasteiger partial charge in [0.1, 0.15) is 5.82 Å². The van der Waals surface area contributed by atoms with Crippen molar-refractivity contribution in [3.05, 3.63) is 27.5 Å². The van der Waals surface area contributed by atoms with E-state index < -0.39 is 17.5 Å². The molecule has 0 amide bonds. The molecule has 1 rings (SSSR count). The Morgan fingerprint density at radius 3 is 2.62 bits per heavy atom. The lowest BCUT2D eigenvalue weighted by Crippen LogP contribution is -2.13. The minimum atomic E-state index is -2.88. The van der Waals surface area contributed by atoms with E-state index in [2.05, 4.69) is 0 Å². The summed E-state index contributed by atoms with van der Waals surface area (Å²) in [7, 11) is 0. The number of carbonyl (C=O) groups is 1. The minimum absolute atomic E-state index is 0.187. The highest BCUT2D eigenvalue weighted by Crippen LogP contribution is 2.22. The molecule has 0 atom stereocenters. The lowest BCUT2D eigenvalue weighted by Gasteiger charge is -2.04. The Bertz CT molecular complexity index is 387. The molecule has 70 valence electrons. The van der Waals surface area contributed by atoms with Crippen LogP contribution in [0.2, 0.25) is 0 Å². The maximum Gasteiger partial charge on any atom is 0.264 e. The van der Waals surface area contributed by atoms with Crippen LogP contribution in [0.5, 0.6) is 0 Å². The van der Waals surface area contributed by atoms with E-state index in [0.717, 1.165) is 0 Å². The number of hydrogen-bond donors (Lipinski definition) is 2. The van der Waals surface area contributed by atoms with Crippen molar-refractivity contribution in [1.29, 1.82) is 0 Å². The molecule has 1 heterocycles. The number of pyridine rings is 1. The number of halogens is 2. The zero-order valence-electron chi connectivity index (χ0n) is 6.38. The van der Waals surface area contributed by atoms with E-state index >= 15 is 0 Å². The van der Waals surface area contributed by atoms with Gasteiger partial charge in [-0.1, -0.05) is 0 Å². The number of aromatic nitrogens is 1. The topological polar surface area (TPSA) is 76.0 Å². The van der Waals surface area contributed by atoms with Gasteiger partial charge in [-0.2, -0.15) is 0 Å². The van der Waals surface area contributed by atoms with Crippen LogP contribution in [0.15, 0.2) is 10.9 Å². The average molecular weight is 188 g/mol. The van der Waals surface area contributed by atoms with Gasteiger partial charge in [-0.25, -0.2) is 8.78 Å². The molecule has 0 aliphatic heterocycles. The van der Waals surface area contributed by atoms with Crippen molar-refractivity contribution in [3.8, 4) is 0 Å². The maximum absolute atomic E-state index is 12.2. The highest BCUT2D eigenvalue weighted by Gasteiger charge is 2.15. The van der Waals surface area contributed by atoms with Crippen molar-refractivity contribution in [2.75, 3.05) is 5.73 Å². The average Bonchev–Trinajstić information content (AvgIpc) is 2.02. The van der Waals surface area contributed by atoms with Gasteiger partial charge >= 0.3 is 0 Å². The van der Waals surface area contributed by atoms with E-state index in [4.69, 9.17) is 5.73 Å². The SMILES string of the molecule is Nc1[nH]c(=O)cc(C(F)F)c1C=O. The molecule has 0 saturated carbocycles. The second kappa shape index (κ2) is 3.34. The Morgan fingerprint density at radius 2 is 2.15 bits per heavy atom. The number of hydrogen-bond acceptors (Lipinski definition) is 3. The van der Waals surface area contributed by atoms with Gasteiger partial charge in [-0.3, -0.25) is 9.59 Å². The Kier molecular flexibility index (Phi) is 2.41. The van der Waals surface area contributed by atoms with Gasteiger partial charge in [-0.05, 0) is 0 Å². The van der Waals surface area contributed by atoms with Crippen LogP contribution < -0.4 is 11.3 Å². The third-order valence-corrected chi connectivity index (χ3v) is 1.50. The number of anilines is 1.